The van der Waals surface area contributed by atoms with Crippen molar-refractivity contribution in [3.63, 3.8) is 0 Å². The van der Waals surface area contributed by atoms with Gasteiger partial charge in [0.15, 0.2) is 0 Å². The fraction of sp³-hybridized carbons (Fsp3) is 0.375. The number of nitrogens with zero attached hydrogens (tertiary/aromatic N) is 1. The van der Waals surface area contributed by atoms with Crippen LogP contribution in [0.1, 0.15) is 13.3 Å². The van der Waals surface area contributed by atoms with Gasteiger partial charge >= 0.3 is 10.1 Å². The molecule has 78 valence electrons. The Hall–Kier alpha value is -0.810. The van der Waals surface area contributed by atoms with Gasteiger partial charge in [-0.15, -0.1) is 0 Å². The molecule has 14 heavy (non-hydrogen) atoms. The normalized spacial score (nSPS) is 11.3. The summed E-state index contributed by atoms with van der Waals surface area (Å²) in [6.07, 6.45) is 1.84. The van der Waals surface area contributed by atoms with Crippen molar-refractivity contribution in [2.75, 3.05) is 5.75 Å². The second-order valence-corrected chi connectivity index (χ2v) is 4.79. The summed E-state index contributed by atoms with van der Waals surface area (Å²) >= 11 is 5.58. The van der Waals surface area contributed by atoms with Crippen molar-refractivity contribution < 1.29 is 12.6 Å². The van der Waals surface area contributed by atoms with E-state index in [-0.39, 0.29) is 11.6 Å². The van der Waals surface area contributed by atoms with Crippen LogP contribution >= 0.6 is 11.6 Å². The van der Waals surface area contributed by atoms with Crippen LogP contribution in [0.5, 0.6) is 5.88 Å². The summed E-state index contributed by atoms with van der Waals surface area (Å²) in [5.41, 5.74) is 0. The van der Waals surface area contributed by atoms with Crippen molar-refractivity contribution in [1.82, 2.24) is 4.98 Å². The first-order valence-electron chi connectivity index (χ1n) is 4.07. The lowest BCUT2D eigenvalue weighted by atomic mass is 10.5. The molecule has 0 aliphatic rings. The van der Waals surface area contributed by atoms with Gasteiger partial charge in [0.2, 0.25) is 5.88 Å². The third-order valence-corrected chi connectivity index (χ3v) is 2.92. The minimum atomic E-state index is -3.50. The van der Waals surface area contributed by atoms with E-state index in [1.165, 1.54) is 18.3 Å². The lowest BCUT2D eigenvalue weighted by Gasteiger charge is -2.03. The van der Waals surface area contributed by atoms with Crippen molar-refractivity contribution in [2.24, 2.45) is 0 Å². The lowest BCUT2D eigenvalue weighted by Crippen LogP contribution is -2.13. The fourth-order valence-electron chi connectivity index (χ4n) is 0.833. The smallest absolute Gasteiger partial charge is 0.310 e. The summed E-state index contributed by atoms with van der Waals surface area (Å²) in [5.74, 6) is 0.0277. The first-order valence-corrected chi connectivity index (χ1v) is 6.03. The average molecular weight is 236 g/mol. The average Bonchev–Trinajstić information content (AvgIpc) is 2.08. The molecule has 0 saturated heterocycles. The van der Waals surface area contributed by atoms with Gasteiger partial charge in [0.25, 0.3) is 0 Å². The Morgan fingerprint density at radius 1 is 1.50 bits per heavy atom. The van der Waals surface area contributed by atoms with Gasteiger partial charge in [0.1, 0.15) is 0 Å². The molecule has 0 fully saturated rings. The van der Waals surface area contributed by atoms with E-state index >= 15 is 0 Å². The van der Waals surface area contributed by atoms with Crippen molar-refractivity contribution in [3.05, 3.63) is 23.4 Å². The molecule has 0 aromatic carbocycles. The molecule has 1 aromatic rings. The Balaban J connectivity index is 2.74. The van der Waals surface area contributed by atoms with Gasteiger partial charge in [0.05, 0.1) is 10.8 Å². The Morgan fingerprint density at radius 2 is 2.21 bits per heavy atom. The molecule has 1 heterocycles. The van der Waals surface area contributed by atoms with Crippen molar-refractivity contribution in [1.29, 1.82) is 0 Å². The first-order chi connectivity index (χ1) is 6.53. The molecule has 0 aliphatic heterocycles. The summed E-state index contributed by atoms with van der Waals surface area (Å²) in [6, 6.07) is 2.93. The van der Waals surface area contributed by atoms with Gasteiger partial charge in [-0.3, -0.25) is 0 Å². The molecular weight excluding hydrogens is 226 g/mol. The molecule has 6 heteroatoms. The van der Waals surface area contributed by atoms with E-state index < -0.39 is 10.1 Å². The molecular formula is C8H10ClNO3S. The maximum atomic E-state index is 11.2. The molecule has 0 radical (unpaired) electrons. The number of aromatic nitrogens is 1. The minimum Gasteiger partial charge on any atom is -0.362 e. The molecule has 0 aliphatic carbocycles. The second-order valence-electron chi connectivity index (χ2n) is 2.66. The van der Waals surface area contributed by atoms with E-state index in [1.54, 1.807) is 6.92 Å². The maximum Gasteiger partial charge on any atom is 0.310 e. The molecule has 0 amide bonds. The van der Waals surface area contributed by atoms with E-state index in [2.05, 4.69) is 4.98 Å². The van der Waals surface area contributed by atoms with Gasteiger partial charge in [-0.05, 0) is 12.5 Å². The molecule has 1 aromatic heterocycles. The predicted octanol–water partition coefficient (Wildman–Crippen LogP) is 1.85. The Morgan fingerprint density at radius 3 is 2.71 bits per heavy atom. The summed E-state index contributed by atoms with van der Waals surface area (Å²) in [5, 5.41) is 0.435. The zero-order chi connectivity index (χ0) is 10.6. The third-order valence-electron chi connectivity index (χ3n) is 1.37. The number of hydrogen-bond acceptors (Lipinski definition) is 4. The lowest BCUT2D eigenvalue weighted by molar-refractivity contribution is 0.475. The van der Waals surface area contributed by atoms with Gasteiger partial charge < -0.3 is 4.18 Å². The topological polar surface area (TPSA) is 56.3 Å². The summed E-state index contributed by atoms with van der Waals surface area (Å²) < 4.78 is 27.1. The highest BCUT2D eigenvalue weighted by Crippen LogP contribution is 2.13. The van der Waals surface area contributed by atoms with Crippen LogP contribution in [0.2, 0.25) is 5.02 Å². The van der Waals surface area contributed by atoms with Crippen LogP contribution in [0.4, 0.5) is 0 Å². The number of halogens is 1. The molecule has 0 bridgehead atoms. The second kappa shape index (κ2) is 4.61. The van der Waals surface area contributed by atoms with E-state index in [9.17, 15) is 8.42 Å². The number of pyridine rings is 1. The van der Waals surface area contributed by atoms with Crippen LogP contribution in [0.3, 0.4) is 0 Å². The van der Waals surface area contributed by atoms with Gasteiger partial charge in [0, 0.05) is 12.3 Å². The van der Waals surface area contributed by atoms with Gasteiger partial charge in [-0.25, -0.2) is 4.98 Å². The van der Waals surface area contributed by atoms with Gasteiger partial charge in [-0.2, -0.15) is 8.42 Å². The summed E-state index contributed by atoms with van der Waals surface area (Å²) in [7, 11) is -3.50. The SMILES string of the molecule is CCCS(=O)(=O)Oc1ccc(Cl)cn1. The van der Waals surface area contributed by atoms with Gasteiger partial charge in [-0.1, -0.05) is 18.5 Å². The minimum absolute atomic E-state index is 0.0166. The van der Waals surface area contributed by atoms with Crippen molar-refractivity contribution in [2.45, 2.75) is 13.3 Å². The zero-order valence-electron chi connectivity index (χ0n) is 7.60. The monoisotopic (exact) mass is 235 g/mol. The molecule has 4 nitrogen and oxygen atoms in total. The summed E-state index contributed by atoms with van der Waals surface area (Å²) in [6.45, 7) is 1.76. The predicted molar refractivity (Wildman–Crippen MR) is 54.0 cm³/mol. The Labute approximate surface area is 88.0 Å². The molecule has 0 saturated carbocycles. The molecule has 0 atom stereocenters. The van der Waals surface area contributed by atoms with Crippen LogP contribution in [0, 0.1) is 0 Å². The standard InChI is InChI=1S/C8H10ClNO3S/c1-2-5-14(11,12)13-8-4-3-7(9)6-10-8/h3-4,6H,2,5H2,1H3. The van der Waals surface area contributed by atoms with Crippen LogP contribution < -0.4 is 4.18 Å². The van der Waals surface area contributed by atoms with E-state index in [0.717, 1.165) is 0 Å². The zero-order valence-corrected chi connectivity index (χ0v) is 9.18. The molecule has 1 rings (SSSR count). The Kier molecular flexibility index (Phi) is 3.71. The van der Waals surface area contributed by atoms with Crippen LogP contribution in [0.25, 0.3) is 0 Å². The quantitative estimate of drug-likeness (QED) is 0.748. The highest BCUT2D eigenvalue weighted by molar-refractivity contribution is 7.87. The highest BCUT2D eigenvalue weighted by atomic mass is 35.5. The number of hydrogen-bond donors (Lipinski definition) is 0. The highest BCUT2D eigenvalue weighted by Gasteiger charge is 2.11. The van der Waals surface area contributed by atoms with E-state index in [4.69, 9.17) is 15.8 Å². The van der Waals surface area contributed by atoms with E-state index in [1.807, 2.05) is 0 Å². The molecule has 0 N–H and O–H groups in total. The van der Waals surface area contributed by atoms with Crippen molar-refractivity contribution in [3.8, 4) is 5.88 Å². The molecule has 0 spiro atoms. The Bertz CT molecular complexity index is 388. The fourth-order valence-corrected chi connectivity index (χ4v) is 1.89. The summed E-state index contributed by atoms with van der Waals surface area (Å²) in [4.78, 5) is 3.71. The molecule has 0 unspecified atom stereocenters. The van der Waals surface area contributed by atoms with Crippen LogP contribution in [-0.2, 0) is 10.1 Å². The number of rotatable bonds is 4. The van der Waals surface area contributed by atoms with E-state index in [0.29, 0.717) is 11.4 Å². The van der Waals surface area contributed by atoms with Crippen LogP contribution in [0.15, 0.2) is 18.3 Å². The third kappa shape index (κ3) is 3.51. The van der Waals surface area contributed by atoms with Crippen molar-refractivity contribution >= 4 is 21.7 Å². The van der Waals surface area contributed by atoms with Crippen LogP contribution in [-0.4, -0.2) is 19.2 Å². The largest absolute Gasteiger partial charge is 0.362 e. The maximum absolute atomic E-state index is 11.2. The first kappa shape index (κ1) is 11.3.